The van der Waals surface area contributed by atoms with Crippen molar-refractivity contribution in [3.8, 4) is 5.75 Å². The molecule has 0 spiro atoms. The summed E-state index contributed by atoms with van der Waals surface area (Å²) in [7, 11) is 0. The van der Waals surface area contributed by atoms with Gasteiger partial charge in [0.15, 0.2) is 0 Å². The predicted octanol–water partition coefficient (Wildman–Crippen LogP) is 2.29. The van der Waals surface area contributed by atoms with Crippen LogP contribution in [0.3, 0.4) is 0 Å². The Hall–Kier alpha value is -2.57. The van der Waals surface area contributed by atoms with E-state index in [4.69, 9.17) is 16.3 Å². The zero-order valence-electron chi connectivity index (χ0n) is 15.6. The van der Waals surface area contributed by atoms with Gasteiger partial charge in [-0.1, -0.05) is 29.8 Å². The Bertz CT molecular complexity index is 775. The van der Waals surface area contributed by atoms with E-state index in [2.05, 4.69) is 10.2 Å². The van der Waals surface area contributed by atoms with Crippen LogP contribution in [0.1, 0.15) is 10.4 Å². The maximum Gasteiger partial charge on any atom is 0.251 e. The van der Waals surface area contributed by atoms with E-state index in [-0.39, 0.29) is 18.4 Å². The zero-order chi connectivity index (χ0) is 19.8. The number of ether oxygens (including phenoxy) is 1. The van der Waals surface area contributed by atoms with Crippen molar-refractivity contribution in [1.29, 1.82) is 0 Å². The highest BCUT2D eigenvalue weighted by molar-refractivity contribution is 6.30. The molecule has 0 aliphatic carbocycles. The predicted molar refractivity (Wildman–Crippen MR) is 109 cm³/mol. The number of amides is 2. The molecule has 1 saturated heterocycles. The summed E-state index contributed by atoms with van der Waals surface area (Å²) < 4.78 is 5.72. The second-order valence-electron chi connectivity index (χ2n) is 6.57. The molecule has 0 atom stereocenters. The topological polar surface area (TPSA) is 61.9 Å². The fourth-order valence-electron chi connectivity index (χ4n) is 3.00. The number of rotatable bonds is 7. The van der Waals surface area contributed by atoms with Crippen LogP contribution < -0.4 is 10.1 Å². The lowest BCUT2D eigenvalue weighted by Gasteiger charge is -2.34. The van der Waals surface area contributed by atoms with Gasteiger partial charge in [-0.2, -0.15) is 0 Å². The molecule has 6 nitrogen and oxygen atoms in total. The number of halogens is 1. The van der Waals surface area contributed by atoms with Crippen LogP contribution in [-0.2, 0) is 4.79 Å². The molecule has 28 heavy (non-hydrogen) atoms. The number of carbonyl (C=O) groups excluding carboxylic acids is 2. The van der Waals surface area contributed by atoms with Gasteiger partial charge in [0.25, 0.3) is 5.91 Å². The third kappa shape index (κ3) is 5.97. The van der Waals surface area contributed by atoms with Crippen LogP contribution in [0.15, 0.2) is 54.6 Å². The van der Waals surface area contributed by atoms with Gasteiger partial charge in [-0.15, -0.1) is 0 Å². The lowest BCUT2D eigenvalue weighted by atomic mass is 10.2. The third-order valence-corrected chi connectivity index (χ3v) is 4.90. The molecule has 0 bridgehead atoms. The van der Waals surface area contributed by atoms with Gasteiger partial charge in [-0.3, -0.25) is 14.5 Å². The third-order valence-electron chi connectivity index (χ3n) is 4.65. The first kappa shape index (κ1) is 20.2. The summed E-state index contributed by atoms with van der Waals surface area (Å²) in [4.78, 5) is 28.4. The van der Waals surface area contributed by atoms with E-state index in [1.165, 1.54) is 0 Å². The molecule has 1 N–H and O–H groups in total. The van der Waals surface area contributed by atoms with E-state index in [0.717, 1.165) is 25.4 Å². The normalized spacial score (nSPS) is 14.5. The van der Waals surface area contributed by atoms with Crippen LogP contribution in [0.25, 0.3) is 0 Å². The molecule has 2 aromatic rings. The Balaban J connectivity index is 1.33. The van der Waals surface area contributed by atoms with Crippen molar-refractivity contribution >= 4 is 23.4 Å². The average Bonchev–Trinajstić information content (AvgIpc) is 2.74. The van der Waals surface area contributed by atoms with Crippen molar-refractivity contribution in [3.63, 3.8) is 0 Å². The molecule has 148 valence electrons. The minimum atomic E-state index is -0.230. The summed E-state index contributed by atoms with van der Waals surface area (Å²) in [5, 5.41) is 3.38. The van der Waals surface area contributed by atoms with Crippen LogP contribution in [-0.4, -0.2) is 67.5 Å². The highest BCUT2D eigenvalue weighted by Crippen LogP contribution is 2.15. The van der Waals surface area contributed by atoms with Crippen molar-refractivity contribution in [2.75, 3.05) is 45.9 Å². The number of carbonyl (C=O) groups is 2. The van der Waals surface area contributed by atoms with Crippen molar-refractivity contribution < 1.29 is 14.3 Å². The van der Waals surface area contributed by atoms with E-state index in [1.807, 2.05) is 18.2 Å². The number of nitrogens with zero attached hydrogens (tertiary/aromatic N) is 2. The fourth-order valence-corrected chi connectivity index (χ4v) is 3.13. The Morgan fingerprint density at radius 1 is 0.964 bits per heavy atom. The van der Waals surface area contributed by atoms with Gasteiger partial charge < -0.3 is 15.0 Å². The van der Waals surface area contributed by atoms with Crippen molar-refractivity contribution in [3.05, 3.63) is 65.2 Å². The molecule has 0 unspecified atom stereocenters. The molecule has 3 rings (SSSR count). The lowest BCUT2D eigenvalue weighted by molar-refractivity contribution is -0.131. The molecule has 1 heterocycles. The summed E-state index contributed by atoms with van der Waals surface area (Å²) in [5.74, 6) is 0.514. The Morgan fingerprint density at radius 3 is 2.32 bits per heavy atom. The van der Waals surface area contributed by atoms with Crippen LogP contribution in [0.5, 0.6) is 5.75 Å². The Kier molecular flexibility index (Phi) is 7.28. The van der Waals surface area contributed by atoms with Crippen LogP contribution in [0.2, 0.25) is 5.02 Å². The van der Waals surface area contributed by atoms with E-state index in [9.17, 15) is 9.59 Å². The van der Waals surface area contributed by atoms with Gasteiger partial charge in [-0.25, -0.2) is 0 Å². The number of nitrogens with one attached hydrogen (secondary N) is 1. The number of hydrogen-bond donors (Lipinski definition) is 1. The number of piperazine rings is 1. The molecule has 0 radical (unpaired) electrons. The zero-order valence-corrected chi connectivity index (χ0v) is 16.4. The molecule has 0 aromatic heterocycles. The van der Waals surface area contributed by atoms with Gasteiger partial charge in [0.1, 0.15) is 12.4 Å². The van der Waals surface area contributed by atoms with Crippen molar-refractivity contribution in [2.24, 2.45) is 0 Å². The molecular formula is C21H24ClN3O3. The van der Waals surface area contributed by atoms with Gasteiger partial charge in [0, 0.05) is 43.3 Å². The molecular weight excluding hydrogens is 378 g/mol. The lowest BCUT2D eigenvalue weighted by Crippen LogP contribution is -2.51. The first-order valence-corrected chi connectivity index (χ1v) is 9.71. The van der Waals surface area contributed by atoms with Crippen LogP contribution >= 0.6 is 11.6 Å². The minimum Gasteiger partial charge on any atom is -0.492 e. The molecule has 7 heteroatoms. The summed E-state index contributed by atoms with van der Waals surface area (Å²) >= 11 is 5.86. The van der Waals surface area contributed by atoms with E-state index >= 15 is 0 Å². The fraction of sp³-hybridized carbons (Fsp3) is 0.333. The van der Waals surface area contributed by atoms with E-state index < -0.39 is 0 Å². The monoisotopic (exact) mass is 401 g/mol. The molecule has 1 aliphatic heterocycles. The standard InChI is InChI=1S/C21H24ClN3O3/c22-18-6-8-19(9-7-18)28-15-14-24-10-12-25(13-11-24)20(26)16-23-21(27)17-4-2-1-3-5-17/h1-9H,10-16H2,(H,23,27). The van der Waals surface area contributed by atoms with Gasteiger partial charge in [0.05, 0.1) is 6.54 Å². The first-order valence-electron chi connectivity index (χ1n) is 9.33. The van der Waals surface area contributed by atoms with Gasteiger partial charge in [0.2, 0.25) is 5.91 Å². The Labute approximate surface area is 170 Å². The maximum absolute atomic E-state index is 12.3. The first-order chi connectivity index (χ1) is 13.6. The van der Waals surface area contributed by atoms with Gasteiger partial charge >= 0.3 is 0 Å². The molecule has 0 saturated carbocycles. The van der Waals surface area contributed by atoms with Crippen molar-refractivity contribution in [2.45, 2.75) is 0 Å². The molecule has 1 aliphatic rings. The van der Waals surface area contributed by atoms with E-state index in [0.29, 0.717) is 30.3 Å². The summed E-state index contributed by atoms with van der Waals surface area (Å²) in [5.41, 5.74) is 0.556. The maximum atomic E-state index is 12.3. The highest BCUT2D eigenvalue weighted by Gasteiger charge is 2.21. The highest BCUT2D eigenvalue weighted by atomic mass is 35.5. The summed E-state index contributed by atoms with van der Waals surface area (Å²) in [6.07, 6.45) is 0. The smallest absolute Gasteiger partial charge is 0.251 e. The number of hydrogen-bond acceptors (Lipinski definition) is 4. The molecule has 1 fully saturated rings. The second kappa shape index (κ2) is 10.1. The van der Waals surface area contributed by atoms with E-state index in [1.54, 1.807) is 41.3 Å². The summed E-state index contributed by atoms with van der Waals surface area (Å²) in [6.45, 7) is 4.30. The van der Waals surface area contributed by atoms with Gasteiger partial charge in [-0.05, 0) is 36.4 Å². The molecule has 2 amide bonds. The number of benzene rings is 2. The SMILES string of the molecule is O=C(NCC(=O)N1CCN(CCOc2ccc(Cl)cc2)CC1)c1ccccc1. The Morgan fingerprint density at radius 2 is 1.64 bits per heavy atom. The largest absolute Gasteiger partial charge is 0.492 e. The van der Waals surface area contributed by atoms with Crippen molar-refractivity contribution in [1.82, 2.24) is 15.1 Å². The van der Waals surface area contributed by atoms with Crippen LogP contribution in [0, 0.1) is 0 Å². The summed E-state index contributed by atoms with van der Waals surface area (Å²) in [6, 6.07) is 16.2. The quantitative estimate of drug-likeness (QED) is 0.773. The average molecular weight is 402 g/mol. The minimum absolute atomic E-state index is 0.0212. The van der Waals surface area contributed by atoms with Crippen LogP contribution in [0.4, 0.5) is 0 Å². The molecule has 2 aromatic carbocycles. The second-order valence-corrected chi connectivity index (χ2v) is 7.01.